The van der Waals surface area contributed by atoms with Crippen molar-refractivity contribution in [2.75, 3.05) is 0 Å². The standard InChI is InChI=1S/C12H12F3N/c1-7(2)8-3-4-10-9(5-8)6-11(16-10)12(13,14)15/h3-7,16H,1-2H3. The molecule has 0 fully saturated rings. The van der Waals surface area contributed by atoms with E-state index >= 15 is 0 Å². The molecule has 0 atom stereocenters. The van der Waals surface area contributed by atoms with E-state index in [9.17, 15) is 13.2 Å². The van der Waals surface area contributed by atoms with E-state index in [1.807, 2.05) is 19.9 Å². The molecular weight excluding hydrogens is 215 g/mol. The molecule has 2 aromatic rings. The van der Waals surface area contributed by atoms with Crippen LogP contribution in [0.1, 0.15) is 31.0 Å². The van der Waals surface area contributed by atoms with Crippen LogP contribution in [0.25, 0.3) is 10.9 Å². The fourth-order valence-corrected chi connectivity index (χ4v) is 1.66. The van der Waals surface area contributed by atoms with Gasteiger partial charge in [-0.2, -0.15) is 13.2 Å². The van der Waals surface area contributed by atoms with E-state index in [0.717, 1.165) is 11.6 Å². The topological polar surface area (TPSA) is 15.8 Å². The Hall–Kier alpha value is -1.45. The van der Waals surface area contributed by atoms with Crippen LogP contribution in [0.3, 0.4) is 0 Å². The van der Waals surface area contributed by atoms with E-state index in [2.05, 4.69) is 4.98 Å². The largest absolute Gasteiger partial charge is 0.431 e. The van der Waals surface area contributed by atoms with Crippen molar-refractivity contribution < 1.29 is 13.2 Å². The lowest BCUT2D eigenvalue weighted by atomic mass is 10.0. The number of benzene rings is 1. The Balaban J connectivity index is 2.54. The van der Waals surface area contributed by atoms with Crippen molar-refractivity contribution in [1.82, 2.24) is 4.98 Å². The number of fused-ring (bicyclic) bond motifs is 1. The summed E-state index contributed by atoms with van der Waals surface area (Å²) >= 11 is 0. The van der Waals surface area contributed by atoms with Crippen LogP contribution < -0.4 is 0 Å². The second-order valence-corrected chi connectivity index (χ2v) is 4.18. The average Bonchev–Trinajstić information content (AvgIpc) is 2.58. The summed E-state index contributed by atoms with van der Waals surface area (Å²) < 4.78 is 37.4. The predicted molar refractivity (Wildman–Crippen MR) is 57.4 cm³/mol. The summed E-state index contributed by atoms with van der Waals surface area (Å²) in [5.74, 6) is 0.314. The van der Waals surface area contributed by atoms with Crippen molar-refractivity contribution >= 4 is 10.9 Å². The molecule has 1 aromatic heterocycles. The van der Waals surface area contributed by atoms with Crippen LogP contribution in [0, 0.1) is 0 Å². The molecule has 0 saturated heterocycles. The minimum atomic E-state index is -4.31. The van der Waals surface area contributed by atoms with Crippen LogP contribution in [0.2, 0.25) is 0 Å². The Morgan fingerprint density at radius 1 is 1.12 bits per heavy atom. The molecule has 1 aromatic carbocycles. The molecule has 1 N–H and O–H groups in total. The molecule has 2 rings (SSSR count). The highest BCUT2D eigenvalue weighted by molar-refractivity contribution is 5.81. The van der Waals surface area contributed by atoms with Crippen molar-refractivity contribution in [2.45, 2.75) is 25.9 Å². The van der Waals surface area contributed by atoms with E-state index in [1.165, 1.54) is 0 Å². The molecular formula is C12H12F3N. The van der Waals surface area contributed by atoms with E-state index in [1.54, 1.807) is 12.1 Å². The smallest absolute Gasteiger partial charge is 0.351 e. The van der Waals surface area contributed by atoms with Crippen molar-refractivity contribution in [1.29, 1.82) is 0 Å². The van der Waals surface area contributed by atoms with Crippen molar-refractivity contribution in [2.24, 2.45) is 0 Å². The molecule has 0 bridgehead atoms. The molecule has 0 spiro atoms. The Morgan fingerprint density at radius 3 is 2.38 bits per heavy atom. The quantitative estimate of drug-likeness (QED) is 0.747. The van der Waals surface area contributed by atoms with Gasteiger partial charge in [0.25, 0.3) is 0 Å². The molecule has 1 heterocycles. The molecule has 0 amide bonds. The second-order valence-electron chi connectivity index (χ2n) is 4.18. The first-order valence-corrected chi connectivity index (χ1v) is 5.08. The van der Waals surface area contributed by atoms with E-state index in [0.29, 0.717) is 16.8 Å². The molecule has 0 unspecified atom stereocenters. The summed E-state index contributed by atoms with van der Waals surface area (Å²) in [4.78, 5) is 2.38. The molecule has 0 aliphatic rings. The summed E-state index contributed by atoms with van der Waals surface area (Å²) in [6.07, 6.45) is -4.31. The summed E-state index contributed by atoms with van der Waals surface area (Å²) in [5, 5.41) is 0.610. The van der Waals surface area contributed by atoms with Gasteiger partial charge in [-0.15, -0.1) is 0 Å². The highest BCUT2D eigenvalue weighted by atomic mass is 19.4. The first-order valence-electron chi connectivity index (χ1n) is 5.08. The number of aromatic nitrogens is 1. The zero-order chi connectivity index (χ0) is 11.9. The first-order chi connectivity index (χ1) is 7.38. The number of hydrogen-bond acceptors (Lipinski definition) is 0. The fraction of sp³-hybridized carbons (Fsp3) is 0.333. The van der Waals surface area contributed by atoms with Gasteiger partial charge in [-0.05, 0) is 29.7 Å². The van der Waals surface area contributed by atoms with Gasteiger partial charge in [0.2, 0.25) is 0 Å². The third-order valence-electron chi connectivity index (χ3n) is 2.62. The monoisotopic (exact) mass is 227 g/mol. The summed E-state index contributed by atoms with van der Waals surface area (Å²) in [7, 11) is 0. The molecule has 0 aliphatic carbocycles. The second kappa shape index (κ2) is 3.54. The van der Waals surface area contributed by atoms with Gasteiger partial charge in [0.15, 0.2) is 0 Å². The van der Waals surface area contributed by atoms with E-state index in [-0.39, 0.29) is 0 Å². The number of aromatic amines is 1. The van der Waals surface area contributed by atoms with E-state index < -0.39 is 11.9 Å². The number of nitrogens with one attached hydrogen (secondary N) is 1. The molecule has 4 heteroatoms. The van der Waals surface area contributed by atoms with Crippen LogP contribution in [0.5, 0.6) is 0 Å². The van der Waals surface area contributed by atoms with E-state index in [4.69, 9.17) is 0 Å². The molecule has 1 nitrogen and oxygen atoms in total. The third-order valence-corrected chi connectivity index (χ3v) is 2.62. The molecule has 0 radical (unpaired) electrons. The lowest BCUT2D eigenvalue weighted by Crippen LogP contribution is -2.04. The van der Waals surface area contributed by atoms with Gasteiger partial charge >= 0.3 is 6.18 Å². The zero-order valence-corrected chi connectivity index (χ0v) is 9.02. The van der Waals surface area contributed by atoms with Crippen molar-refractivity contribution in [3.63, 3.8) is 0 Å². The number of rotatable bonds is 1. The van der Waals surface area contributed by atoms with Crippen LogP contribution in [-0.4, -0.2) is 4.98 Å². The lowest BCUT2D eigenvalue weighted by Gasteiger charge is -2.03. The minimum absolute atomic E-state index is 0.314. The lowest BCUT2D eigenvalue weighted by molar-refractivity contribution is -0.140. The summed E-state index contributed by atoms with van der Waals surface area (Å²) in [6.45, 7) is 4.02. The van der Waals surface area contributed by atoms with Gasteiger partial charge in [-0.25, -0.2) is 0 Å². The van der Waals surface area contributed by atoms with Crippen LogP contribution in [-0.2, 0) is 6.18 Å². The average molecular weight is 227 g/mol. The van der Waals surface area contributed by atoms with Gasteiger partial charge in [0.05, 0.1) is 0 Å². The Kier molecular flexibility index (Phi) is 2.45. The predicted octanol–water partition coefficient (Wildman–Crippen LogP) is 4.31. The number of halogens is 3. The van der Waals surface area contributed by atoms with Gasteiger partial charge in [0, 0.05) is 10.9 Å². The van der Waals surface area contributed by atoms with Crippen LogP contribution in [0.15, 0.2) is 24.3 Å². The van der Waals surface area contributed by atoms with Crippen molar-refractivity contribution in [3.05, 3.63) is 35.5 Å². The van der Waals surface area contributed by atoms with Gasteiger partial charge < -0.3 is 4.98 Å². The third kappa shape index (κ3) is 1.92. The molecule has 16 heavy (non-hydrogen) atoms. The van der Waals surface area contributed by atoms with Gasteiger partial charge in [-0.1, -0.05) is 19.9 Å². The highest BCUT2D eigenvalue weighted by Gasteiger charge is 2.32. The molecule has 0 saturated carbocycles. The minimum Gasteiger partial charge on any atom is -0.351 e. The molecule has 0 aliphatic heterocycles. The number of hydrogen-bond donors (Lipinski definition) is 1. The Labute approximate surface area is 91.3 Å². The van der Waals surface area contributed by atoms with Gasteiger partial charge in [-0.3, -0.25) is 0 Å². The zero-order valence-electron chi connectivity index (χ0n) is 9.02. The van der Waals surface area contributed by atoms with Crippen LogP contribution >= 0.6 is 0 Å². The van der Waals surface area contributed by atoms with Crippen LogP contribution in [0.4, 0.5) is 13.2 Å². The first kappa shape index (κ1) is 11.0. The fourth-order valence-electron chi connectivity index (χ4n) is 1.66. The van der Waals surface area contributed by atoms with Crippen molar-refractivity contribution in [3.8, 4) is 0 Å². The Bertz CT molecular complexity index is 508. The maximum atomic E-state index is 12.5. The SMILES string of the molecule is CC(C)c1ccc2[nH]c(C(F)(F)F)cc2c1. The number of H-pyrrole nitrogens is 1. The highest BCUT2D eigenvalue weighted by Crippen LogP contribution is 2.32. The van der Waals surface area contributed by atoms with Gasteiger partial charge in [0.1, 0.15) is 5.69 Å². The maximum absolute atomic E-state index is 12.5. The maximum Gasteiger partial charge on any atom is 0.431 e. The number of alkyl halides is 3. The molecule has 86 valence electrons. The normalized spacial score (nSPS) is 12.6. The summed E-state index contributed by atoms with van der Waals surface area (Å²) in [5.41, 5.74) is 0.875. The Morgan fingerprint density at radius 2 is 1.81 bits per heavy atom. The summed E-state index contributed by atoms with van der Waals surface area (Å²) in [6, 6.07) is 6.50.